The van der Waals surface area contributed by atoms with Crippen LogP contribution in [0.4, 0.5) is 5.69 Å². The van der Waals surface area contributed by atoms with E-state index in [1.54, 1.807) is 12.1 Å². The van der Waals surface area contributed by atoms with Crippen LogP contribution in [0, 0.1) is 16.0 Å². The fraction of sp³-hybridized carbons (Fsp3) is 0.562. The number of nitrogens with zero attached hydrogens (tertiary/aromatic N) is 1. The van der Waals surface area contributed by atoms with Crippen LogP contribution >= 0.6 is 11.8 Å². The highest BCUT2D eigenvalue weighted by atomic mass is 32.2. The molecule has 0 fully saturated rings. The maximum atomic E-state index is 12.1. The normalized spacial score (nSPS) is 13.4. The summed E-state index contributed by atoms with van der Waals surface area (Å²) in [5.74, 6) is 1.12. The van der Waals surface area contributed by atoms with E-state index in [2.05, 4.69) is 5.32 Å². The number of carbonyl (C=O) groups is 1. The molecule has 8 heteroatoms. The predicted molar refractivity (Wildman–Crippen MR) is 96.3 cm³/mol. The van der Waals surface area contributed by atoms with Gasteiger partial charge in [-0.05, 0) is 24.5 Å². The molecular formula is C16H25N3O4S. The highest BCUT2D eigenvalue weighted by Crippen LogP contribution is 2.29. The second kappa shape index (κ2) is 8.89. The Bertz CT molecular complexity index is 595. The Morgan fingerprint density at radius 3 is 2.67 bits per heavy atom. The first-order valence-electron chi connectivity index (χ1n) is 7.63. The van der Waals surface area contributed by atoms with Crippen LogP contribution in [0.5, 0.6) is 5.75 Å². The molecule has 0 aromatic heterocycles. The van der Waals surface area contributed by atoms with E-state index < -0.39 is 10.5 Å². The molecule has 1 aromatic carbocycles. The molecule has 0 saturated carbocycles. The van der Waals surface area contributed by atoms with Crippen LogP contribution in [0.1, 0.15) is 26.3 Å². The molecule has 7 nitrogen and oxygen atoms in total. The molecule has 1 atom stereocenters. The number of rotatable bonds is 9. The number of amides is 1. The molecule has 134 valence electrons. The van der Waals surface area contributed by atoms with Gasteiger partial charge in [0.1, 0.15) is 0 Å². The van der Waals surface area contributed by atoms with Crippen LogP contribution in [0.2, 0.25) is 0 Å². The van der Waals surface area contributed by atoms with E-state index in [-0.39, 0.29) is 29.0 Å². The Morgan fingerprint density at radius 1 is 1.50 bits per heavy atom. The number of carbonyl (C=O) groups excluding carboxylic acids is 1. The second-order valence-electron chi connectivity index (χ2n) is 6.08. The van der Waals surface area contributed by atoms with E-state index in [4.69, 9.17) is 10.5 Å². The topological polar surface area (TPSA) is 107 Å². The number of hydrogen-bond donors (Lipinski definition) is 2. The van der Waals surface area contributed by atoms with Crippen molar-refractivity contribution in [2.24, 2.45) is 11.7 Å². The van der Waals surface area contributed by atoms with E-state index in [0.717, 1.165) is 5.56 Å². The molecule has 0 spiro atoms. The zero-order chi connectivity index (χ0) is 18.3. The predicted octanol–water partition coefficient (Wildman–Crippen LogP) is 2.33. The van der Waals surface area contributed by atoms with Crippen molar-refractivity contribution in [2.75, 3.05) is 19.4 Å². The first-order valence-corrected chi connectivity index (χ1v) is 8.79. The molecule has 0 aliphatic rings. The van der Waals surface area contributed by atoms with E-state index in [0.29, 0.717) is 12.3 Å². The minimum atomic E-state index is -0.477. The van der Waals surface area contributed by atoms with Gasteiger partial charge in [0, 0.05) is 18.4 Å². The molecule has 1 unspecified atom stereocenters. The number of benzene rings is 1. The fourth-order valence-corrected chi connectivity index (χ4v) is 2.79. The summed E-state index contributed by atoms with van der Waals surface area (Å²) in [5, 5.41) is 14.0. The van der Waals surface area contributed by atoms with Gasteiger partial charge in [-0.2, -0.15) is 0 Å². The van der Waals surface area contributed by atoms with Crippen LogP contribution in [-0.2, 0) is 10.5 Å². The SMILES string of the molecule is COc1ccc(CSCC(=O)NC(C)(CN)C(C)C)cc1[N+](=O)[O-]. The molecule has 1 rings (SSSR count). The van der Waals surface area contributed by atoms with Crippen molar-refractivity contribution in [1.29, 1.82) is 0 Å². The number of thioether (sulfide) groups is 1. The molecule has 0 saturated heterocycles. The third-order valence-corrected chi connectivity index (χ3v) is 5.07. The quantitative estimate of drug-likeness (QED) is 0.520. The number of nitro benzene ring substituents is 1. The van der Waals surface area contributed by atoms with Crippen LogP contribution in [0.3, 0.4) is 0 Å². The number of nitrogens with two attached hydrogens (primary N) is 1. The zero-order valence-electron chi connectivity index (χ0n) is 14.5. The van der Waals surface area contributed by atoms with Crippen LogP contribution in [0.25, 0.3) is 0 Å². The Kier molecular flexibility index (Phi) is 7.50. The van der Waals surface area contributed by atoms with Crippen molar-refractivity contribution >= 4 is 23.4 Å². The molecular weight excluding hydrogens is 330 g/mol. The van der Waals surface area contributed by atoms with Gasteiger partial charge in [-0.1, -0.05) is 19.9 Å². The number of hydrogen-bond acceptors (Lipinski definition) is 6. The Balaban J connectivity index is 2.60. The van der Waals surface area contributed by atoms with Gasteiger partial charge in [0.2, 0.25) is 5.91 Å². The fourth-order valence-electron chi connectivity index (χ4n) is 2.02. The van der Waals surface area contributed by atoms with E-state index in [9.17, 15) is 14.9 Å². The number of nitro groups is 1. The Morgan fingerprint density at radius 2 is 2.17 bits per heavy atom. The van der Waals surface area contributed by atoms with Gasteiger partial charge in [0.05, 0.1) is 23.3 Å². The van der Waals surface area contributed by atoms with E-state index >= 15 is 0 Å². The van der Waals surface area contributed by atoms with E-state index in [1.807, 2.05) is 20.8 Å². The molecule has 1 aromatic rings. The summed E-state index contributed by atoms with van der Waals surface area (Å²) in [6.07, 6.45) is 0. The number of methoxy groups -OCH3 is 1. The molecule has 0 aliphatic carbocycles. The number of nitrogens with one attached hydrogen (secondary N) is 1. The van der Waals surface area contributed by atoms with Crippen LogP contribution in [0.15, 0.2) is 18.2 Å². The Hall–Kier alpha value is -1.80. The standard InChI is InChI=1S/C16H25N3O4S/c1-11(2)16(3,10-17)18-15(20)9-24-8-12-5-6-14(23-4)13(7-12)19(21)22/h5-7,11H,8-10,17H2,1-4H3,(H,18,20). The lowest BCUT2D eigenvalue weighted by Crippen LogP contribution is -2.55. The van der Waals surface area contributed by atoms with Crippen LogP contribution < -0.4 is 15.8 Å². The highest BCUT2D eigenvalue weighted by molar-refractivity contribution is 7.99. The average Bonchev–Trinajstić information content (AvgIpc) is 2.54. The lowest BCUT2D eigenvalue weighted by molar-refractivity contribution is -0.385. The van der Waals surface area contributed by atoms with Crippen molar-refractivity contribution in [3.8, 4) is 5.75 Å². The summed E-state index contributed by atoms with van der Waals surface area (Å²) in [5.41, 5.74) is 6.01. The third kappa shape index (κ3) is 5.38. The van der Waals surface area contributed by atoms with Crippen LogP contribution in [-0.4, -0.2) is 35.8 Å². The minimum Gasteiger partial charge on any atom is -0.490 e. The third-order valence-electron chi connectivity index (χ3n) is 4.07. The second-order valence-corrected chi connectivity index (χ2v) is 7.07. The smallest absolute Gasteiger partial charge is 0.311 e. The summed E-state index contributed by atoms with van der Waals surface area (Å²) >= 11 is 1.39. The molecule has 0 aliphatic heterocycles. The van der Waals surface area contributed by atoms with Crippen molar-refractivity contribution in [2.45, 2.75) is 32.1 Å². The van der Waals surface area contributed by atoms with E-state index in [1.165, 1.54) is 24.9 Å². The molecule has 0 bridgehead atoms. The summed E-state index contributed by atoms with van der Waals surface area (Å²) < 4.78 is 4.97. The molecule has 3 N–H and O–H groups in total. The largest absolute Gasteiger partial charge is 0.490 e. The summed E-state index contributed by atoms with van der Waals surface area (Å²) in [4.78, 5) is 22.6. The molecule has 1 amide bonds. The van der Waals surface area contributed by atoms with Gasteiger partial charge in [-0.3, -0.25) is 14.9 Å². The molecule has 24 heavy (non-hydrogen) atoms. The first kappa shape index (κ1) is 20.2. The molecule has 0 radical (unpaired) electrons. The lowest BCUT2D eigenvalue weighted by atomic mass is 9.88. The zero-order valence-corrected chi connectivity index (χ0v) is 15.3. The lowest BCUT2D eigenvalue weighted by Gasteiger charge is -2.33. The van der Waals surface area contributed by atoms with Crippen molar-refractivity contribution in [1.82, 2.24) is 5.32 Å². The van der Waals surface area contributed by atoms with Gasteiger partial charge in [-0.25, -0.2) is 0 Å². The van der Waals surface area contributed by atoms with Gasteiger partial charge in [-0.15, -0.1) is 11.8 Å². The highest BCUT2D eigenvalue weighted by Gasteiger charge is 2.28. The van der Waals surface area contributed by atoms with Crippen molar-refractivity contribution in [3.63, 3.8) is 0 Å². The van der Waals surface area contributed by atoms with Gasteiger partial charge >= 0.3 is 5.69 Å². The Labute approximate surface area is 146 Å². The van der Waals surface area contributed by atoms with Gasteiger partial charge in [0.25, 0.3) is 0 Å². The van der Waals surface area contributed by atoms with Crippen molar-refractivity contribution in [3.05, 3.63) is 33.9 Å². The van der Waals surface area contributed by atoms with Gasteiger partial charge < -0.3 is 15.8 Å². The summed E-state index contributed by atoms with van der Waals surface area (Å²) in [6.45, 7) is 6.31. The maximum Gasteiger partial charge on any atom is 0.311 e. The first-order chi connectivity index (χ1) is 11.2. The summed E-state index contributed by atoms with van der Waals surface area (Å²) in [6, 6.07) is 4.80. The summed E-state index contributed by atoms with van der Waals surface area (Å²) in [7, 11) is 1.39. The minimum absolute atomic E-state index is 0.0735. The molecule has 0 heterocycles. The maximum absolute atomic E-state index is 12.1. The monoisotopic (exact) mass is 355 g/mol. The van der Waals surface area contributed by atoms with Gasteiger partial charge in [0.15, 0.2) is 5.75 Å². The van der Waals surface area contributed by atoms with Crippen molar-refractivity contribution < 1.29 is 14.5 Å². The average molecular weight is 355 g/mol. The number of ether oxygens (including phenoxy) is 1.